The van der Waals surface area contributed by atoms with Gasteiger partial charge in [0.15, 0.2) is 0 Å². The third kappa shape index (κ3) is 3.10. The molecule has 0 aliphatic heterocycles. The van der Waals surface area contributed by atoms with Crippen LogP contribution in [0.1, 0.15) is 29.2 Å². The number of benzene rings is 1. The summed E-state index contributed by atoms with van der Waals surface area (Å²) in [7, 11) is 3.39. The number of aliphatic hydroxyl groups excluding tert-OH is 1. The summed E-state index contributed by atoms with van der Waals surface area (Å²) in [4.78, 5) is 0. The summed E-state index contributed by atoms with van der Waals surface area (Å²) in [5.41, 5.74) is 5.40. The average Bonchev–Trinajstić information content (AvgIpc) is 2.41. The van der Waals surface area contributed by atoms with Gasteiger partial charge in [-0.2, -0.15) is 0 Å². The van der Waals surface area contributed by atoms with E-state index in [1.807, 2.05) is 33.8 Å². The molecule has 0 saturated carbocycles. The van der Waals surface area contributed by atoms with Gasteiger partial charge in [-0.1, -0.05) is 11.6 Å². The molecule has 0 radical (unpaired) electrons. The monoisotopic (exact) mass is 264 g/mol. The van der Waals surface area contributed by atoms with E-state index < -0.39 is 0 Å². The van der Waals surface area contributed by atoms with E-state index in [1.165, 1.54) is 0 Å². The predicted molar refractivity (Wildman–Crippen MR) is 78.3 cm³/mol. The van der Waals surface area contributed by atoms with Gasteiger partial charge < -0.3 is 14.6 Å². The van der Waals surface area contributed by atoms with Crippen LogP contribution in [0.25, 0.3) is 0 Å². The molecule has 0 atom stereocenters. The van der Waals surface area contributed by atoms with Crippen molar-refractivity contribution in [3.05, 3.63) is 33.9 Å². The minimum atomic E-state index is 0.0866. The number of aliphatic hydroxyl groups is 1. The van der Waals surface area contributed by atoms with Gasteiger partial charge in [-0.05, 0) is 50.8 Å². The van der Waals surface area contributed by atoms with Gasteiger partial charge in [0.2, 0.25) is 0 Å². The van der Waals surface area contributed by atoms with Crippen molar-refractivity contribution in [2.45, 2.75) is 34.1 Å². The zero-order valence-corrected chi connectivity index (χ0v) is 12.8. The van der Waals surface area contributed by atoms with Gasteiger partial charge in [-0.15, -0.1) is 0 Å². The van der Waals surface area contributed by atoms with E-state index >= 15 is 0 Å². The Balaban J connectivity index is 3.40. The third-order valence-corrected chi connectivity index (χ3v) is 3.62. The fraction of sp³-hybridized carbons (Fsp3) is 0.500. The Morgan fingerprint density at radius 3 is 2.00 bits per heavy atom. The molecule has 1 rings (SSSR count). The van der Waals surface area contributed by atoms with Gasteiger partial charge in [0.1, 0.15) is 11.5 Å². The number of methoxy groups -OCH3 is 2. The minimum absolute atomic E-state index is 0.0866. The molecular formula is C16H24O3. The second-order valence-electron chi connectivity index (χ2n) is 4.83. The molecule has 3 nitrogen and oxygen atoms in total. The molecule has 3 heteroatoms. The zero-order chi connectivity index (χ0) is 14.6. The van der Waals surface area contributed by atoms with Gasteiger partial charge in [0, 0.05) is 5.56 Å². The Bertz CT molecular complexity index is 488. The number of allylic oxidation sites excluding steroid dienone is 1. The lowest BCUT2D eigenvalue weighted by molar-refractivity contribution is 0.331. The number of hydrogen-bond donors (Lipinski definition) is 1. The van der Waals surface area contributed by atoms with Gasteiger partial charge in [0.05, 0.1) is 20.8 Å². The van der Waals surface area contributed by atoms with Gasteiger partial charge in [-0.3, -0.25) is 0 Å². The van der Waals surface area contributed by atoms with Crippen molar-refractivity contribution in [2.24, 2.45) is 0 Å². The van der Waals surface area contributed by atoms with Crippen molar-refractivity contribution in [3.8, 4) is 11.5 Å². The van der Waals surface area contributed by atoms with E-state index in [0.717, 1.165) is 45.7 Å². The molecule has 0 unspecified atom stereocenters. The molecule has 0 spiro atoms. The second kappa shape index (κ2) is 6.62. The zero-order valence-electron chi connectivity index (χ0n) is 12.8. The van der Waals surface area contributed by atoms with Crippen LogP contribution in [0.4, 0.5) is 0 Å². The molecule has 19 heavy (non-hydrogen) atoms. The van der Waals surface area contributed by atoms with Crippen LogP contribution in [-0.2, 0) is 6.42 Å². The maximum atomic E-state index is 9.08. The SMILES string of the molecule is COc1c(C)c(C)c(OC)c(CC=C(C)CO)c1C. The van der Waals surface area contributed by atoms with Crippen LogP contribution in [0.3, 0.4) is 0 Å². The second-order valence-corrected chi connectivity index (χ2v) is 4.83. The molecule has 1 N–H and O–H groups in total. The topological polar surface area (TPSA) is 38.7 Å². The van der Waals surface area contributed by atoms with Crippen LogP contribution in [-0.4, -0.2) is 25.9 Å². The summed E-state index contributed by atoms with van der Waals surface area (Å²) in [5, 5.41) is 9.08. The number of hydrogen-bond acceptors (Lipinski definition) is 3. The first-order valence-electron chi connectivity index (χ1n) is 6.45. The molecule has 106 valence electrons. The van der Waals surface area contributed by atoms with Crippen molar-refractivity contribution in [1.29, 1.82) is 0 Å². The summed E-state index contributed by atoms with van der Waals surface area (Å²) >= 11 is 0. The average molecular weight is 264 g/mol. The summed E-state index contributed by atoms with van der Waals surface area (Å²) in [6, 6.07) is 0. The first-order valence-corrected chi connectivity index (χ1v) is 6.45. The lowest BCUT2D eigenvalue weighted by atomic mass is 9.95. The highest BCUT2D eigenvalue weighted by molar-refractivity contribution is 5.58. The molecule has 1 aromatic carbocycles. The quantitative estimate of drug-likeness (QED) is 0.830. The van der Waals surface area contributed by atoms with Crippen LogP contribution < -0.4 is 9.47 Å². The van der Waals surface area contributed by atoms with Crippen LogP contribution in [0, 0.1) is 20.8 Å². The van der Waals surface area contributed by atoms with E-state index in [1.54, 1.807) is 14.2 Å². The summed E-state index contributed by atoms with van der Waals surface area (Å²) in [5.74, 6) is 1.83. The van der Waals surface area contributed by atoms with E-state index in [-0.39, 0.29) is 6.61 Å². The fourth-order valence-corrected chi connectivity index (χ4v) is 2.32. The van der Waals surface area contributed by atoms with Gasteiger partial charge in [-0.25, -0.2) is 0 Å². The Labute approximate surface area is 115 Å². The molecule has 0 aromatic heterocycles. The Kier molecular flexibility index (Phi) is 5.43. The maximum absolute atomic E-state index is 9.08. The van der Waals surface area contributed by atoms with E-state index in [0.29, 0.717) is 0 Å². The Morgan fingerprint density at radius 2 is 1.53 bits per heavy atom. The molecule has 0 bridgehead atoms. The maximum Gasteiger partial charge on any atom is 0.126 e. The first kappa shape index (κ1) is 15.6. The lowest BCUT2D eigenvalue weighted by Gasteiger charge is -2.20. The van der Waals surface area contributed by atoms with Crippen LogP contribution in [0.5, 0.6) is 11.5 Å². The predicted octanol–water partition coefficient (Wildman–Crippen LogP) is 3.11. The molecule has 0 heterocycles. The Morgan fingerprint density at radius 1 is 1.00 bits per heavy atom. The highest BCUT2D eigenvalue weighted by atomic mass is 16.5. The molecule has 0 amide bonds. The van der Waals surface area contributed by atoms with Crippen molar-refractivity contribution in [3.63, 3.8) is 0 Å². The van der Waals surface area contributed by atoms with Gasteiger partial charge in [0.25, 0.3) is 0 Å². The molecule has 1 aromatic rings. The lowest BCUT2D eigenvalue weighted by Crippen LogP contribution is -2.03. The van der Waals surface area contributed by atoms with Crippen molar-refractivity contribution < 1.29 is 14.6 Å². The summed E-state index contributed by atoms with van der Waals surface area (Å²) in [6.45, 7) is 8.14. The van der Waals surface area contributed by atoms with Gasteiger partial charge >= 0.3 is 0 Å². The molecular weight excluding hydrogens is 240 g/mol. The highest BCUT2D eigenvalue weighted by Crippen LogP contribution is 2.37. The minimum Gasteiger partial charge on any atom is -0.496 e. The summed E-state index contributed by atoms with van der Waals surface area (Å²) in [6.07, 6.45) is 2.76. The fourth-order valence-electron chi connectivity index (χ4n) is 2.32. The van der Waals surface area contributed by atoms with Crippen LogP contribution >= 0.6 is 0 Å². The third-order valence-electron chi connectivity index (χ3n) is 3.62. The van der Waals surface area contributed by atoms with Crippen LogP contribution in [0.15, 0.2) is 11.6 Å². The number of ether oxygens (including phenoxy) is 2. The van der Waals surface area contributed by atoms with Crippen molar-refractivity contribution in [1.82, 2.24) is 0 Å². The normalized spacial score (nSPS) is 11.6. The number of rotatable bonds is 5. The van der Waals surface area contributed by atoms with E-state index in [2.05, 4.69) is 0 Å². The standard InChI is InChI=1S/C16H24O3/c1-10(9-17)7-8-14-13(4)15(18-5)11(2)12(3)16(14)19-6/h7,17H,8-9H2,1-6H3. The van der Waals surface area contributed by atoms with Crippen LogP contribution in [0.2, 0.25) is 0 Å². The molecule has 0 fully saturated rings. The molecule has 0 saturated heterocycles. The van der Waals surface area contributed by atoms with E-state index in [9.17, 15) is 0 Å². The smallest absolute Gasteiger partial charge is 0.126 e. The summed E-state index contributed by atoms with van der Waals surface area (Å²) < 4.78 is 11.1. The Hall–Kier alpha value is -1.48. The van der Waals surface area contributed by atoms with E-state index in [4.69, 9.17) is 14.6 Å². The molecule has 0 aliphatic carbocycles. The molecule has 0 aliphatic rings. The van der Waals surface area contributed by atoms with Crippen molar-refractivity contribution in [2.75, 3.05) is 20.8 Å². The van der Waals surface area contributed by atoms with Crippen molar-refractivity contribution >= 4 is 0 Å². The first-order chi connectivity index (χ1) is 8.97. The largest absolute Gasteiger partial charge is 0.496 e. The highest BCUT2D eigenvalue weighted by Gasteiger charge is 2.17.